The van der Waals surface area contributed by atoms with E-state index in [1.807, 2.05) is 6.07 Å². The van der Waals surface area contributed by atoms with E-state index in [-0.39, 0.29) is 0 Å². The molecule has 1 aromatic heterocycles. The van der Waals surface area contributed by atoms with Crippen LogP contribution >= 0.6 is 11.6 Å². The molecule has 80 valence electrons. The summed E-state index contributed by atoms with van der Waals surface area (Å²) in [5.74, 6) is 0. The average Bonchev–Trinajstić information content (AvgIpc) is 2.57. The van der Waals surface area contributed by atoms with Crippen molar-refractivity contribution in [1.29, 1.82) is 0 Å². The highest BCUT2D eigenvalue weighted by Crippen LogP contribution is 2.26. The van der Waals surface area contributed by atoms with Crippen LogP contribution in [-0.4, -0.2) is 4.98 Å². The lowest BCUT2D eigenvalue weighted by Gasteiger charge is -2.00. The second-order valence-corrected chi connectivity index (χ2v) is 4.31. The first kappa shape index (κ1) is 10.6. The van der Waals surface area contributed by atoms with E-state index in [4.69, 9.17) is 11.6 Å². The molecule has 0 spiro atoms. The Morgan fingerprint density at radius 2 is 2.07 bits per heavy atom. The molecule has 0 fully saturated rings. The smallest absolute Gasteiger partial charge is 0.0460 e. The second kappa shape index (κ2) is 4.28. The zero-order valence-corrected chi connectivity index (χ0v) is 9.99. The minimum atomic E-state index is 0.821. The number of hydrogen-bond donors (Lipinski definition) is 1. The Morgan fingerprint density at radius 1 is 1.27 bits per heavy atom. The Morgan fingerprint density at radius 3 is 2.73 bits per heavy atom. The molecule has 0 aliphatic rings. The molecule has 1 nitrogen and oxygen atoms in total. The largest absolute Gasteiger partial charge is 0.358 e. The monoisotopic (exact) mass is 221 g/mol. The van der Waals surface area contributed by atoms with E-state index < -0.39 is 0 Å². The number of hydrogen-bond acceptors (Lipinski definition) is 0. The van der Waals surface area contributed by atoms with Gasteiger partial charge < -0.3 is 4.98 Å². The molecule has 2 heteroatoms. The van der Waals surface area contributed by atoms with E-state index in [9.17, 15) is 0 Å². The summed E-state index contributed by atoms with van der Waals surface area (Å²) in [6.45, 7) is 4.40. The van der Waals surface area contributed by atoms with E-state index in [0.29, 0.717) is 0 Å². The zero-order chi connectivity index (χ0) is 10.8. The third-order valence-corrected chi connectivity index (χ3v) is 3.05. The predicted molar refractivity (Wildman–Crippen MR) is 66.7 cm³/mol. The lowest BCUT2D eigenvalue weighted by molar-refractivity contribution is 0.900. The van der Waals surface area contributed by atoms with E-state index in [1.54, 1.807) is 0 Å². The molecule has 1 aromatic carbocycles. The van der Waals surface area contributed by atoms with Gasteiger partial charge in [-0.15, -0.1) is 0 Å². The minimum Gasteiger partial charge on any atom is -0.358 e. The number of benzene rings is 1. The van der Waals surface area contributed by atoms with Gasteiger partial charge in [-0.3, -0.25) is 0 Å². The van der Waals surface area contributed by atoms with Gasteiger partial charge in [0.2, 0.25) is 0 Å². The van der Waals surface area contributed by atoms with Crippen LogP contribution in [0.5, 0.6) is 0 Å². The van der Waals surface area contributed by atoms with Gasteiger partial charge in [0, 0.05) is 21.6 Å². The van der Waals surface area contributed by atoms with Gasteiger partial charge in [0.05, 0.1) is 0 Å². The molecule has 0 saturated carbocycles. The standard InChI is InChI=1S/C13H16ClN/c1-3-5-10-11-8-9(14)6-7-13(11)15-12(10)4-2/h6-8,15H,3-5H2,1-2H3. The van der Waals surface area contributed by atoms with Crippen molar-refractivity contribution >= 4 is 22.5 Å². The number of aryl methyl sites for hydroxylation is 2. The van der Waals surface area contributed by atoms with Crippen LogP contribution in [0.3, 0.4) is 0 Å². The molecule has 15 heavy (non-hydrogen) atoms. The molecule has 0 aliphatic carbocycles. The van der Waals surface area contributed by atoms with Crippen molar-refractivity contribution in [3.05, 3.63) is 34.5 Å². The summed E-state index contributed by atoms with van der Waals surface area (Å²) >= 11 is 6.03. The molecule has 1 heterocycles. The van der Waals surface area contributed by atoms with E-state index in [1.165, 1.54) is 28.6 Å². The fraction of sp³-hybridized carbons (Fsp3) is 0.385. The third-order valence-electron chi connectivity index (χ3n) is 2.81. The molecule has 0 amide bonds. The van der Waals surface area contributed by atoms with Gasteiger partial charge >= 0.3 is 0 Å². The van der Waals surface area contributed by atoms with E-state index in [2.05, 4.69) is 31.0 Å². The molecule has 0 radical (unpaired) electrons. The topological polar surface area (TPSA) is 15.8 Å². The maximum atomic E-state index is 6.03. The predicted octanol–water partition coefficient (Wildman–Crippen LogP) is 4.34. The quantitative estimate of drug-likeness (QED) is 0.794. The zero-order valence-electron chi connectivity index (χ0n) is 9.23. The van der Waals surface area contributed by atoms with Crippen LogP contribution in [0.2, 0.25) is 5.02 Å². The number of aromatic amines is 1. The van der Waals surface area contributed by atoms with Crippen molar-refractivity contribution in [2.24, 2.45) is 0 Å². The van der Waals surface area contributed by atoms with E-state index >= 15 is 0 Å². The van der Waals surface area contributed by atoms with Crippen molar-refractivity contribution in [3.63, 3.8) is 0 Å². The van der Waals surface area contributed by atoms with Crippen LogP contribution in [0.4, 0.5) is 0 Å². The number of fused-ring (bicyclic) bond motifs is 1. The van der Waals surface area contributed by atoms with E-state index in [0.717, 1.165) is 17.9 Å². The summed E-state index contributed by atoms with van der Waals surface area (Å²) in [6.07, 6.45) is 3.36. The number of halogens is 1. The summed E-state index contributed by atoms with van der Waals surface area (Å²) in [4.78, 5) is 3.47. The molecule has 0 saturated heterocycles. The van der Waals surface area contributed by atoms with Crippen molar-refractivity contribution in [3.8, 4) is 0 Å². The molecule has 1 N–H and O–H groups in total. The number of aromatic nitrogens is 1. The molecule has 0 bridgehead atoms. The second-order valence-electron chi connectivity index (χ2n) is 3.88. The highest BCUT2D eigenvalue weighted by atomic mass is 35.5. The fourth-order valence-electron chi connectivity index (χ4n) is 2.11. The van der Waals surface area contributed by atoms with Crippen LogP contribution in [0.15, 0.2) is 18.2 Å². The van der Waals surface area contributed by atoms with Gasteiger partial charge in [0.25, 0.3) is 0 Å². The lowest BCUT2D eigenvalue weighted by atomic mass is 10.0. The molecular weight excluding hydrogens is 206 g/mol. The van der Waals surface area contributed by atoms with Crippen molar-refractivity contribution in [2.45, 2.75) is 33.1 Å². The van der Waals surface area contributed by atoms with Crippen LogP contribution in [0.25, 0.3) is 10.9 Å². The molecule has 2 rings (SSSR count). The normalized spacial score (nSPS) is 11.1. The Bertz CT molecular complexity index is 471. The van der Waals surface area contributed by atoms with Crippen molar-refractivity contribution < 1.29 is 0 Å². The Kier molecular flexibility index (Phi) is 3.01. The number of H-pyrrole nitrogens is 1. The van der Waals surface area contributed by atoms with Gasteiger partial charge in [-0.1, -0.05) is 31.9 Å². The van der Waals surface area contributed by atoms with Gasteiger partial charge in [0.1, 0.15) is 0 Å². The summed E-state index contributed by atoms with van der Waals surface area (Å²) < 4.78 is 0. The molecule has 0 unspecified atom stereocenters. The van der Waals surface area contributed by atoms with Crippen LogP contribution < -0.4 is 0 Å². The molecule has 0 atom stereocenters. The van der Waals surface area contributed by atoms with Crippen molar-refractivity contribution in [2.75, 3.05) is 0 Å². The Hall–Kier alpha value is -0.950. The highest BCUT2D eigenvalue weighted by molar-refractivity contribution is 6.31. The highest BCUT2D eigenvalue weighted by Gasteiger charge is 2.09. The fourth-order valence-corrected chi connectivity index (χ4v) is 2.29. The Balaban J connectivity index is 2.65. The molecular formula is C13H16ClN. The summed E-state index contributed by atoms with van der Waals surface area (Å²) in [6, 6.07) is 6.07. The lowest BCUT2D eigenvalue weighted by Crippen LogP contribution is -1.88. The van der Waals surface area contributed by atoms with Crippen LogP contribution in [0.1, 0.15) is 31.5 Å². The van der Waals surface area contributed by atoms with Gasteiger partial charge in [0.15, 0.2) is 0 Å². The van der Waals surface area contributed by atoms with Crippen LogP contribution in [0, 0.1) is 0 Å². The number of rotatable bonds is 3. The average molecular weight is 222 g/mol. The first-order valence-electron chi connectivity index (χ1n) is 5.55. The van der Waals surface area contributed by atoms with Crippen LogP contribution in [-0.2, 0) is 12.8 Å². The SMILES string of the molecule is CCCc1c(CC)[nH]c2ccc(Cl)cc12. The first-order valence-corrected chi connectivity index (χ1v) is 5.93. The van der Waals surface area contributed by atoms with Crippen molar-refractivity contribution in [1.82, 2.24) is 4.98 Å². The molecule has 0 aliphatic heterocycles. The Labute approximate surface area is 95.5 Å². The summed E-state index contributed by atoms with van der Waals surface area (Å²) in [5, 5.41) is 2.11. The minimum absolute atomic E-state index is 0.821. The molecule has 2 aromatic rings. The maximum absolute atomic E-state index is 6.03. The first-order chi connectivity index (χ1) is 7.26. The summed E-state index contributed by atoms with van der Waals surface area (Å²) in [5.41, 5.74) is 4.01. The van der Waals surface area contributed by atoms with Gasteiger partial charge in [-0.2, -0.15) is 0 Å². The number of nitrogens with one attached hydrogen (secondary N) is 1. The maximum Gasteiger partial charge on any atom is 0.0460 e. The summed E-state index contributed by atoms with van der Waals surface area (Å²) in [7, 11) is 0. The van der Waals surface area contributed by atoms with Gasteiger partial charge in [-0.25, -0.2) is 0 Å². The van der Waals surface area contributed by atoms with Gasteiger partial charge in [-0.05, 0) is 36.6 Å². The third kappa shape index (κ3) is 1.89.